The summed E-state index contributed by atoms with van der Waals surface area (Å²) in [5, 5.41) is 47.0. The first kappa shape index (κ1) is 51.4. The maximum Gasteiger partial charge on any atom is 0.329 e. The minimum atomic E-state index is -2.54. The molecule has 3 fully saturated rings. The molecule has 15 nitrogen and oxygen atoms in total. The molecule has 3 N–H and O–H groups in total. The molecule has 358 valence electrons. The highest BCUT2D eigenvalue weighted by Gasteiger charge is 2.56. The van der Waals surface area contributed by atoms with E-state index in [0.29, 0.717) is 75.5 Å². The van der Waals surface area contributed by atoms with Gasteiger partial charge in [-0.25, -0.2) is 4.79 Å². The summed E-state index contributed by atoms with van der Waals surface area (Å²) < 4.78 is 30.8. The average Bonchev–Trinajstić information content (AvgIpc) is 3.27. The second kappa shape index (κ2) is 23.2. The summed E-state index contributed by atoms with van der Waals surface area (Å²) in [7, 11) is 4.60. The van der Waals surface area contributed by atoms with Crippen LogP contribution in [-0.4, -0.2) is 126 Å². The van der Waals surface area contributed by atoms with Gasteiger partial charge >= 0.3 is 5.97 Å². The second-order valence-electron chi connectivity index (χ2n) is 19.2. The molecular weight excluding hydrogens is 825 g/mol. The van der Waals surface area contributed by atoms with Gasteiger partial charge in [0.05, 0.1) is 30.5 Å². The van der Waals surface area contributed by atoms with Crippen molar-refractivity contribution < 1.29 is 62.9 Å². The number of piperidine rings is 1. The third-order valence-corrected chi connectivity index (χ3v) is 14.3. The van der Waals surface area contributed by atoms with Crippen LogP contribution in [0, 0.1) is 34.8 Å². The molecular formula is C49H74N2O13. The van der Waals surface area contributed by atoms with E-state index in [1.807, 2.05) is 26.0 Å². The molecule has 2 bridgehead atoms. The van der Waals surface area contributed by atoms with E-state index in [-0.39, 0.29) is 49.5 Å². The lowest BCUT2D eigenvalue weighted by atomic mass is 9.81. The van der Waals surface area contributed by atoms with Crippen LogP contribution in [0.5, 0.6) is 0 Å². The van der Waals surface area contributed by atoms with Gasteiger partial charge in [-0.05, 0) is 102 Å². The number of aryl methyl sites for hydroxylation is 1. The first-order valence-electron chi connectivity index (χ1n) is 23.4. The van der Waals surface area contributed by atoms with Crippen LogP contribution in [0.15, 0.2) is 47.7 Å². The van der Waals surface area contributed by atoms with Crippen molar-refractivity contribution in [1.82, 2.24) is 4.90 Å². The number of amides is 1. The Kier molecular flexibility index (Phi) is 18.7. The highest BCUT2D eigenvalue weighted by Crippen LogP contribution is 2.39. The highest BCUT2D eigenvalue weighted by atomic mass is 16.7. The van der Waals surface area contributed by atoms with Crippen LogP contribution < -0.4 is 4.73 Å². The third-order valence-electron chi connectivity index (χ3n) is 14.3. The van der Waals surface area contributed by atoms with Crippen LogP contribution in [-0.2, 0) is 49.3 Å². The molecule has 14 unspecified atom stereocenters. The zero-order chi connectivity index (χ0) is 46.9. The van der Waals surface area contributed by atoms with E-state index in [4.69, 9.17) is 23.7 Å². The molecule has 0 aromatic carbocycles. The van der Waals surface area contributed by atoms with Gasteiger partial charge in [0.2, 0.25) is 5.79 Å². The van der Waals surface area contributed by atoms with Crippen molar-refractivity contribution in [3.05, 3.63) is 58.6 Å². The summed E-state index contributed by atoms with van der Waals surface area (Å²) >= 11 is 0. The molecule has 15 heteroatoms. The lowest BCUT2D eigenvalue weighted by Crippen LogP contribution is -2.64. The number of Topliss-reactive ketones (excluding diaryl/α,β-unsaturated/α-hetero) is 2. The third kappa shape index (κ3) is 12.4. The van der Waals surface area contributed by atoms with Gasteiger partial charge in [0.15, 0.2) is 11.9 Å². The predicted octanol–water partition coefficient (Wildman–Crippen LogP) is 4.72. The molecule has 1 aromatic rings. The van der Waals surface area contributed by atoms with E-state index in [9.17, 15) is 39.7 Å². The predicted molar refractivity (Wildman–Crippen MR) is 236 cm³/mol. The van der Waals surface area contributed by atoms with Gasteiger partial charge in [-0.1, -0.05) is 44.6 Å². The first-order chi connectivity index (χ1) is 30.4. The fraction of sp³-hybridized carbons (Fsp3) is 0.735. The molecule has 4 heterocycles. The number of hydrogen-bond donors (Lipinski definition) is 3. The Bertz CT molecular complexity index is 1820. The minimum absolute atomic E-state index is 0.0364. The van der Waals surface area contributed by atoms with Gasteiger partial charge in [0, 0.05) is 70.6 Å². The van der Waals surface area contributed by atoms with Crippen LogP contribution in [0.25, 0.3) is 0 Å². The molecule has 0 radical (unpaired) electrons. The molecule has 3 aliphatic heterocycles. The van der Waals surface area contributed by atoms with E-state index in [1.165, 1.54) is 25.3 Å². The number of pyridine rings is 1. The number of nitrogens with zero attached hydrogens (tertiary/aromatic N) is 2. The lowest BCUT2D eigenvalue weighted by Gasteiger charge is -2.47. The van der Waals surface area contributed by atoms with Crippen molar-refractivity contribution >= 4 is 23.4 Å². The van der Waals surface area contributed by atoms with Gasteiger partial charge in [-0.15, -0.1) is 0 Å². The zero-order valence-electron chi connectivity index (χ0n) is 39.2. The minimum Gasteiger partial charge on any atom is -0.619 e. The number of rotatable bonds is 9. The average molecular weight is 899 g/mol. The Morgan fingerprint density at radius 3 is 2.33 bits per heavy atom. The molecule has 1 amide bonds. The molecule has 0 spiro atoms. The molecule has 1 aliphatic carbocycles. The number of ketones is 2. The maximum absolute atomic E-state index is 14.5. The molecule has 5 rings (SSSR count). The Morgan fingerprint density at radius 1 is 0.938 bits per heavy atom. The number of aliphatic hydroxyl groups is 3. The first-order valence-corrected chi connectivity index (χ1v) is 23.4. The number of ether oxygens (including phenoxy) is 5. The number of fused-ring (bicyclic) bond motifs is 3. The lowest BCUT2D eigenvalue weighted by molar-refractivity contribution is -0.614. The number of hydrogen-bond acceptors (Lipinski definition) is 13. The highest BCUT2D eigenvalue weighted by molar-refractivity contribution is 6.39. The van der Waals surface area contributed by atoms with Crippen molar-refractivity contribution in [3.8, 4) is 0 Å². The normalized spacial score (nSPS) is 37.0. The van der Waals surface area contributed by atoms with Crippen LogP contribution in [0.1, 0.15) is 117 Å². The fourth-order valence-electron chi connectivity index (χ4n) is 10.5. The van der Waals surface area contributed by atoms with Gasteiger partial charge in [0.1, 0.15) is 24.0 Å². The van der Waals surface area contributed by atoms with E-state index < -0.39 is 83.9 Å². The number of methoxy groups -OCH3 is 3. The molecule has 14 atom stereocenters. The SMILES string of the molecule is COC1CC(C=C(C)C2OC(=O)C3CCCCN3C(=O)C(=O)C3(O)OC(C(OC)CC(C)CC(C)=CC(CCCc4cccc[n+]4[O-])C(=O)CC(O)C2C)C(OC)CC3C)CCC1O. The standard InChI is InChI=1S/C49H74N2O13/c1-29-22-30(2)24-42(61-7)45-43(62-8)26-32(4)49(58,64-45)46(55)47(56)50-20-11-10-17-37(50)48(57)63-44(31(3)25-34-18-19-38(52)41(27-34)60-6)33(5)39(53)28-40(54)35(23-29)14-13-16-36-15-9-12-21-51(36)59/h9,12,15,21,23,25,30,32-35,37-39,41-45,52-53,58H,10-11,13-14,16-20,22,24,26-28H2,1-8H3. The number of aliphatic hydroxyl groups excluding tert-OH is 2. The maximum atomic E-state index is 14.5. The Hall–Kier alpha value is -3.57. The number of aromatic nitrogens is 1. The van der Waals surface area contributed by atoms with Crippen LogP contribution >= 0.6 is 0 Å². The summed E-state index contributed by atoms with van der Waals surface area (Å²) in [6.07, 6.45) is 5.27. The summed E-state index contributed by atoms with van der Waals surface area (Å²) in [5.74, 6) is -8.05. The van der Waals surface area contributed by atoms with E-state index >= 15 is 0 Å². The summed E-state index contributed by atoms with van der Waals surface area (Å²) in [6.45, 7) is 9.21. The topological polar surface area (TPSA) is 205 Å². The molecule has 1 saturated carbocycles. The van der Waals surface area contributed by atoms with Crippen molar-refractivity contribution in [3.63, 3.8) is 0 Å². The summed E-state index contributed by atoms with van der Waals surface area (Å²) in [5.41, 5.74) is 2.15. The van der Waals surface area contributed by atoms with E-state index in [2.05, 4.69) is 0 Å². The van der Waals surface area contributed by atoms with Crippen molar-refractivity contribution in [2.75, 3.05) is 27.9 Å². The van der Waals surface area contributed by atoms with Crippen molar-refractivity contribution in [1.29, 1.82) is 0 Å². The zero-order valence-corrected chi connectivity index (χ0v) is 39.2. The van der Waals surface area contributed by atoms with E-state index in [1.54, 1.807) is 46.1 Å². The van der Waals surface area contributed by atoms with Gasteiger partial charge < -0.3 is 49.1 Å². The summed E-state index contributed by atoms with van der Waals surface area (Å²) in [4.78, 5) is 58.7. The monoisotopic (exact) mass is 899 g/mol. The molecule has 2 saturated heterocycles. The smallest absolute Gasteiger partial charge is 0.329 e. The molecule has 4 aliphatic rings. The number of carbonyl (C=O) groups is 4. The van der Waals surface area contributed by atoms with Gasteiger partial charge in [0.25, 0.3) is 11.7 Å². The Balaban J connectivity index is 1.54. The van der Waals surface area contributed by atoms with Gasteiger partial charge in [-0.2, -0.15) is 4.73 Å². The Morgan fingerprint density at radius 2 is 1.64 bits per heavy atom. The largest absolute Gasteiger partial charge is 0.619 e. The van der Waals surface area contributed by atoms with Crippen molar-refractivity contribution in [2.24, 2.45) is 29.6 Å². The van der Waals surface area contributed by atoms with Crippen LogP contribution in [0.4, 0.5) is 0 Å². The van der Waals surface area contributed by atoms with Gasteiger partial charge in [-0.3, -0.25) is 14.4 Å². The summed E-state index contributed by atoms with van der Waals surface area (Å²) in [6, 6.07) is 4.06. The number of esters is 1. The number of carbonyl (C=O) groups excluding carboxylic acids is 4. The van der Waals surface area contributed by atoms with Crippen LogP contribution in [0.3, 0.4) is 0 Å². The second-order valence-corrected chi connectivity index (χ2v) is 19.2. The van der Waals surface area contributed by atoms with Crippen LogP contribution in [0.2, 0.25) is 0 Å². The fourth-order valence-corrected chi connectivity index (χ4v) is 10.5. The Labute approximate surface area is 379 Å². The number of cyclic esters (lactones) is 1. The molecule has 1 aromatic heterocycles. The van der Waals surface area contributed by atoms with E-state index in [0.717, 1.165) is 10.3 Å². The molecule has 64 heavy (non-hydrogen) atoms. The quantitative estimate of drug-likeness (QED) is 0.101. The van der Waals surface area contributed by atoms with Crippen molar-refractivity contribution in [2.45, 2.75) is 173 Å². The number of allylic oxidation sites excluding steroid dienone is 3.